The summed E-state index contributed by atoms with van der Waals surface area (Å²) in [5.41, 5.74) is 4.62. The van der Waals surface area contributed by atoms with E-state index in [1.165, 1.54) is 11.1 Å². The molecule has 1 aliphatic carbocycles. The molecule has 0 heterocycles. The molecular weight excluding hydrogens is 396 g/mol. The fraction of sp³-hybridized carbons (Fsp3) is 0.375. The van der Waals surface area contributed by atoms with Gasteiger partial charge in [0.15, 0.2) is 0 Å². The summed E-state index contributed by atoms with van der Waals surface area (Å²) < 4.78 is 5.48. The number of nitrogens with one attached hydrogen (secondary N) is 2. The van der Waals surface area contributed by atoms with Gasteiger partial charge in [0.25, 0.3) is 0 Å². The normalized spacial score (nSPS) is 14.1. The maximum atomic E-state index is 12.2. The SMILES string of the molecule is CC[C@H](NC(=O)CC(C)CNC(=O)OCC1c2ccccc2-c2ccccc21)C(=O)O. The number of benzene rings is 2. The molecule has 3 N–H and O–H groups in total. The van der Waals surface area contributed by atoms with Crippen LogP contribution in [-0.2, 0) is 14.3 Å². The lowest BCUT2D eigenvalue weighted by atomic mass is 9.98. The van der Waals surface area contributed by atoms with Gasteiger partial charge in [-0.25, -0.2) is 9.59 Å². The van der Waals surface area contributed by atoms with Crippen LogP contribution in [-0.4, -0.2) is 42.3 Å². The summed E-state index contributed by atoms with van der Waals surface area (Å²) in [5, 5.41) is 14.2. The minimum Gasteiger partial charge on any atom is -0.480 e. The Kier molecular flexibility index (Phi) is 7.28. The molecule has 2 aromatic carbocycles. The lowest BCUT2D eigenvalue weighted by Crippen LogP contribution is -2.41. The van der Waals surface area contributed by atoms with E-state index in [-0.39, 0.29) is 37.3 Å². The molecule has 3 rings (SSSR count). The van der Waals surface area contributed by atoms with Crippen molar-refractivity contribution in [3.63, 3.8) is 0 Å². The van der Waals surface area contributed by atoms with E-state index in [0.717, 1.165) is 11.1 Å². The van der Waals surface area contributed by atoms with E-state index in [2.05, 4.69) is 34.9 Å². The zero-order chi connectivity index (χ0) is 22.4. The largest absolute Gasteiger partial charge is 0.480 e. The molecule has 164 valence electrons. The molecule has 2 aromatic rings. The van der Waals surface area contributed by atoms with Crippen molar-refractivity contribution >= 4 is 18.0 Å². The lowest BCUT2D eigenvalue weighted by Gasteiger charge is -2.17. The molecule has 0 bridgehead atoms. The van der Waals surface area contributed by atoms with Gasteiger partial charge in [0.1, 0.15) is 12.6 Å². The van der Waals surface area contributed by atoms with Crippen molar-refractivity contribution in [2.24, 2.45) is 5.92 Å². The summed E-state index contributed by atoms with van der Waals surface area (Å²) in [6.45, 7) is 3.99. The van der Waals surface area contributed by atoms with Gasteiger partial charge < -0.3 is 20.5 Å². The highest BCUT2D eigenvalue weighted by molar-refractivity contribution is 5.83. The van der Waals surface area contributed by atoms with Crippen molar-refractivity contribution in [3.05, 3.63) is 59.7 Å². The molecule has 0 spiro atoms. The van der Waals surface area contributed by atoms with Crippen LogP contribution in [0.15, 0.2) is 48.5 Å². The summed E-state index contributed by atoms with van der Waals surface area (Å²) in [4.78, 5) is 35.2. The molecule has 0 fully saturated rings. The first-order valence-corrected chi connectivity index (χ1v) is 10.5. The maximum Gasteiger partial charge on any atom is 0.407 e. The van der Waals surface area contributed by atoms with Gasteiger partial charge in [-0.3, -0.25) is 4.79 Å². The highest BCUT2D eigenvalue weighted by Gasteiger charge is 2.29. The summed E-state index contributed by atoms with van der Waals surface area (Å²) in [6.07, 6.45) is -0.105. The molecule has 7 nitrogen and oxygen atoms in total. The Morgan fingerprint density at radius 1 is 1.03 bits per heavy atom. The number of fused-ring (bicyclic) bond motifs is 3. The number of carbonyl (C=O) groups excluding carboxylic acids is 2. The first kappa shape index (κ1) is 22.3. The number of carbonyl (C=O) groups is 3. The zero-order valence-corrected chi connectivity index (χ0v) is 17.8. The molecule has 0 radical (unpaired) electrons. The molecule has 31 heavy (non-hydrogen) atoms. The van der Waals surface area contributed by atoms with Crippen LogP contribution in [0.4, 0.5) is 4.79 Å². The number of aliphatic carboxylic acids is 1. The van der Waals surface area contributed by atoms with Gasteiger partial charge in [0.2, 0.25) is 5.91 Å². The highest BCUT2D eigenvalue weighted by Crippen LogP contribution is 2.44. The van der Waals surface area contributed by atoms with E-state index in [1.807, 2.05) is 31.2 Å². The quantitative estimate of drug-likeness (QED) is 0.571. The summed E-state index contributed by atoms with van der Waals surface area (Å²) in [7, 11) is 0. The molecule has 0 saturated carbocycles. The van der Waals surface area contributed by atoms with E-state index < -0.39 is 18.1 Å². The summed E-state index contributed by atoms with van der Waals surface area (Å²) in [6, 6.07) is 15.4. The van der Waals surface area contributed by atoms with Crippen LogP contribution in [0.1, 0.15) is 43.7 Å². The Morgan fingerprint density at radius 2 is 1.61 bits per heavy atom. The fourth-order valence-electron chi connectivity index (χ4n) is 3.89. The topological polar surface area (TPSA) is 105 Å². The van der Waals surface area contributed by atoms with Crippen LogP contribution in [0, 0.1) is 5.92 Å². The van der Waals surface area contributed by atoms with Gasteiger partial charge in [0, 0.05) is 18.9 Å². The standard InChI is InChI=1S/C24H28N2O5/c1-3-21(23(28)29)26-22(27)12-15(2)13-25-24(30)31-14-20-18-10-6-4-8-16(18)17-9-5-7-11-19(17)20/h4-11,15,20-21H,3,12-14H2,1-2H3,(H,25,30)(H,26,27)(H,28,29)/t15?,21-/m0/s1. The van der Waals surface area contributed by atoms with Crippen molar-refractivity contribution in [2.75, 3.05) is 13.2 Å². The van der Waals surface area contributed by atoms with E-state index in [9.17, 15) is 14.4 Å². The molecule has 7 heteroatoms. The summed E-state index contributed by atoms with van der Waals surface area (Å²) >= 11 is 0. The van der Waals surface area contributed by atoms with Crippen molar-refractivity contribution in [2.45, 2.75) is 38.6 Å². The minimum absolute atomic E-state index is 0.0108. The van der Waals surface area contributed by atoms with Crippen molar-refractivity contribution in [3.8, 4) is 11.1 Å². The summed E-state index contributed by atoms with van der Waals surface area (Å²) in [5.74, 6) is -1.58. The second-order valence-electron chi connectivity index (χ2n) is 7.88. The second-order valence-corrected chi connectivity index (χ2v) is 7.88. The molecule has 0 aromatic heterocycles. The molecule has 1 unspecified atom stereocenters. The van der Waals surface area contributed by atoms with E-state index in [1.54, 1.807) is 6.92 Å². The van der Waals surface area contributed by atoms with E-state index >= 15 is 0 Å². The predicted molar refractivity (Wildman–Crippen MR) is 117 cm³/mol. The maximum absolute atomic E-state index is 12.2. The number of amides is 2. The number of hydrogen-bond acceptors (Lipinski definition) is 4. The third-order valence-electron chi connectivity index (χ3n) is 5.51. The van der Waals surface area contributed by atoms with Crippen LogP contribution < -0.4 is 10.6 Å². The Labute approximate surface area is 181 Å². The van der Waals surface area contributed by atoms with E-state index in [4.69, 9.17) is 9.84 Å². The number of carboxylic acid groups (broad SMARTS) is 1. The van der Waals surface area contributed by atoms with Crippen LogP contribution in [0.3, 0.4) is 0 Å². The highest BCUT2D eigenvalue weighted by atomic mass is 16.5. The molecule has 1 aliphatic rings. The van der Waals surface area contributed by atoms with Crippen LogP contribution in [0.2, 0.25) is 0 Å². The smallest absolute Gasteiger partial charge is 0.407 e. The zero-order valence-electron chi connectivity index (χ0n) is 17.8. The van der Waals surface area contributed by atoms with Crippen LogP contribution >= 0.6 is 0 Å². The predicted octanol–water partition coefficient (Wildman–Crippen LogP) is 3.53. The molecule has 2 atom stereocenters. The Hall–Kier alpha value is -3.35. The average molecular weight is 424 g/mol. The number of rotatable bonds is 9. The monoisotopic (exact) mass is 424 g/mol. The van der Waals surface area contributed by atoms with Crippen LogP contribution in [0.5, 0.6) is 0 Å². The molecule has 2 amide bonds. The number of ether oxygens (including phenoxy) is 1. The minimum atomic E-state index is -1.06. The first-order valence-electron chi connectivity index (χ1n) is 10.5. The van der Waals surface area contributed by atoms with Gasteiger partial charge in [-0.1, -0.05) is 62.4 Å². The molecular formula is C24H28N2O5. The lowest BCUT2D eigenvalue weighted by molar-refractivity contribution is -0.142. The van der Waals surface area contributed by atoms with Crippen molar-refractivity contribution < 1.29 is 24.2 Å². The fourth-order valence-corrected chi connectivity index (χ4v) is 3.89. The third-order valence-corrected chi connectivity index (χ3v) is 5.51. The van der Waals surface area contributed by atoms with Crippen molar-refractivity contribution in [1.82, 2.24) is 10.6 Å². The number of hydrogen-bond donors (Lipinski definition) is 3. The Balaban J connectivity index is 1.48. The number of alkyl carbamates (subject to hydrolysis) is 1. The number of carboxylic acids is 1. The van der Waals surface area contributed by atoms with E-state index in [0.29, 0.717) is 6.42 Å². The molecule has 0 aliphatic heterocycles. The van der Waals surface area contributed by atoms with Gasteiger partial charge in [-0.15, -0.1) is 0 Å². The van der Waals surface area contributed by atoms with Gasteiger partial charge in [-0.05, 0) is 34.6 Å². The first-order chi connectivity index (χ1) is 14.9. The Bertz CT molecular complexity index is 913. The molecule has 0 saturated heterocycles. The third kappa shape index (κ3) is 5.42. The average Bonchev–Trinajstić information content (AvgIpc) is 3.08. The Morgan fingerprint density at radius 3 is 2.16 bits per heavy atom. The van der Waals surface area contributed by atoms with Crippen LogP contribution in [0.25, 0.3) is 11.1 Å². The van der Waals surface area contributed by atoms with Gasteiger partial charge >= 0.3 is 12.1 Å². The van der Waals surface area contributed by atoms with Gasteiger partial charge in [0.05, 0.1) is 0 Å². The second kappa shape index (κ2) is 10.1. The van der Waals surface area contributed by atoms with Gasteiger partial charge in [-0.2, -0.15) is 0 Å². The van der Waals surface area contributed by atoms with Crippen molar-refractivity contribution in [1.29, 1.82) is 0 Å².